The Morgan fingerprint density at radius 2 is 1.53 bits per heavy atom. The van der Waals surface area contributed by atoms with Crippen molar-refractivity contribution in [2.24, 2.45) is 5.92 Å². The number of rotatable bonds is 4. The number of amides is 2. The van der Waals surface area contributed by atoms with Crippen LogP contribution in [0.5, 0.6) is 0 Å². The van der Waals surface area contributed by atoms with E-state index in [2.05, 4.69) is 44.2 Å². The minimum absolute atomic E-state index is 0.185. The number of aryl methyl sites for hydroxylation is 2. The molecule has 1 aliphatic heterocycles. The molecule has 0 saturated carbocycles. The van der Waals surface area contributed by atoms with E-state index in [0.717, 1.165) is 68.4 Å². The number of fused-ring (bicyclic) bond motifs is 2. The number of carbonyl (C=O) groups excluding carboxylic acids is 2. The van der Waals surface area contributed by atoms with Crippen LogP contribution < -0.4 is 4.90 Å². The Hall–Kier alpha value is -2.62. The second kappa shape index (κ2) is 11.7. The van der Waals surface area contributed by atoms with Gasteiger partial charge in [-0.1, -0.05) is 69.5 Å². The Balaban J connectivity index is 1.57. The highest BCUT2D eigenvalue weighted by molar-refractivity contribution is 5.94. The summed E-state index contributed by atoms with van der Waals surface area (Å²) in [7, 11) is 0. The van der Waals surface area contributed by atoms with E-state index in [1.807, 2.05) is 21.9 Å². The molecule has 0 fully saturated rings. The third-order valence-corrected chi connectivity index (χ3v) is 7.21. The van der Waals surface area contributed by atoms with Crippen molar-refractivity contribution in [3.8, 4) is 0 Å². The van der Waals surface area contributed by atoms with Gasteiger partial charge in [-0.3, -0.25) is 9.59 Å². The van der Waals surface area contributed by atoms with Gasteiger partial charge in [0, 0.05) is 31.7 Å². The molecule has 1 heterocycles. The maximum Gasteiger partial charge on any atom is 0.227 e. The van der Waals surface area contributed by atoms with Crippen molar-refractivity contribution >= 4 is 17.5 Å². The smallest absolute Gasteiger partial charge is 0.227 e. The van der Waals surface area contributed by atoms with Crippen LogP contribution in [0.25, 0.3) is 0 Å². The van der Waals surface area contributed by atoms with E-state index in [1.165, 1.54) is 24.0 Å². The minimum atomic E-state index is 0.185. The summed E-state index contributed by atoms with van der Waals surface area (Å²) >= 11 is 0. The summed E-state index contributed by atoms with van der Waals surface area (Å²) < 4.78 is 0. The van der Waals surface area contributed by atoms with Gasteiger partial charge in [0.2, 0.25) is 11.8 Å². The Morgan fingerprint density at radius 3 is 2.35 bits per heavy atom. The molecule has 4 rings (SSSR count). The molecular formula is C30H40N2O2. The van der Waals surface area contributed by atoms with Crippen molar-refractivity contribution in [2.75, 3.05) is 18.0 Å². The number of hydrogen-bond donors (Lipinski definition) is 0. The number of nitrogens with zero attached hydrogens (tertiary/aromatic N) is 2. The van der Waals surface area contributed by atoms with Crippen LogP contribution in [0.2, 0.25) is 0 Å². The summed E-state index contributed by atoms with van der Waals surface area (Å²) in [4.78, 5) is 30.7. The molecule has 182 valence electrons. The van der Waals surface area contributed by atoms with E-state index < -0.39 is 0 Å². The van der Waals surface area contributed by atoms with Gasteiger partial charge in [0.1, 0.15) is 0 Å². The molecule has 4 heteroatoms. The summed E-state index contributed by atoms with van der Waals surface area (Å²) in [6.45, 7) is 6.29. The van der Waals surface area contributed by atoms with Crippen LogP contribution >= 0.6 is 0 Å². The Labute approximate surface area is 205 Å². The first-order chi connectivity index (χ1) is 16.5. The molecule has 2 aromatic rings. The highest BCUT2D eigenvalue weighted by Crippen LogP contribution is 2.27. The van der Waals surface area contributed by atoms with Crippen LogP contribution in [0.15, 0.2) is 42.5 Å². The molecule has 0 aromatic heterocycles. The molecule has 2 amide bonds. The number of para-hydroxylation sites is 1. The van der Waals surface area contributed by atoms with Crippen LogP contribution in [-0.2, 0) is 35.4 Å². The average Bonchev–Trinajstić information content (AvgIpc) is 3.27. The molecule has 34 heavy (non-hydrogen) atoms. The van der Waals surface area contributed by atoms with Crippen molar-refractivity contribution in [3.05, 3.63) is 64.7 Å². The van der Waals surface area contributed by atoms with Crippen molar-refractivity contribution in [2.45, 2.75) is 84.6 Å². The fraction of sp³-hybridized carbons (Fsp3) is 0.533. The van der Waals surface area contributed by atoms with Gasteiger partial charge in [0.05, 0.1) is 6.42 Å². The van der Waals surface area contributed by atoms with Crippen LogP contribution in [0.3, 0.4) is 0 Å². The minimum Gasteiger partial charge on any atom is -0.338 e. The van der Waals surface area contributed by atoms with Crippen molar-refractivity contribution in [1.29, 1.82) is 0 Å². The lowest BCUT2D eigenvalue weighted by Crippen LogP contribution is -2.36. The van der Waals surface area contributed by atoms with Gasteiger partial charge in [0.25, 0.3) is 0 Å². The Kier molecular flexibility index (Phi) is 8.42. The molecule has 4 nitrogen and oxygen atoms in total. The molecule has 0 saturated heterocycles. The fourth-order valence-corrected chi connectivity index (χ4v) is 5.37. The summed E-state index contributed by atoms with van der Waals surface area (Å²) in [5.74, 6) is 0.701. The first-order valence-electron chi connectivity index (χ1n) is 13.3. The molecule has 2 aliphatic rings. The molecule has 0 bridgehead atoms. The van der Waals surface area contributed by atoms with Crippen molar-refractivity contribution in [1.82, 2.24) is 4.90 Å². The molecular weight excluding hydrogens is 420 g/mol. The van der Waals surface area contributed by atoms with Crippen LogP contribution in [0.1, 0.15) is 81.0 Å². The highest BCUT2D eigenvalue weighted by atomic mass is 16.2. The van der Waals surface area contributed by atoms with Gasteiger partial charge >= 0.3 is 0 Å². The Morgan fingerprint density at radius 1 is 0.794 bits per heavy atom. The lowest BCUT2D eigenvalue weighted by Gasteiger charge is -2.30. The van der Waals surface area contributed by atoms with Gasteiger partial charge in [-0.2, -0.15) is 0 Å². The van der Waals surface area contributed by atoms with Gasteiger partial charge < -0.3 is 9.80 Å². The van der Waals surface area contributed by atoms with Gasteiger partial charge in [-0.05, 0) is 66.3 Å². The van der Waals surface area contributed by atoms with Gasteiger partial charge in [-0.25, -0.2) is 0 Å². The number of anilines is 1. The van der Waals surface area contributed by atoms with Gasteiger partial charge in [-0.15, -0.1) is 0 Å². The lowest BCUT2D eigenvalue weighted by molar-refractivity contribution is -0.131. The van der Waals surface area contributed by atoms with Crippen molar-refractivity contribution in [3.63, 3.8) is 0 Å². The zero-order valence-electron chi connectivity index (χ0n) is 21.0. The number of benzene rings is 2. The second-order valence-electron chi connectivity index (χ2n) is 10.5. The molecule has 0 spiro atoms. The van der Waals surface area contributed by atoms with Crippen LogP contribution in [0.4, 0.5) is 5.69 Å². The highest BCUT2D eigenvalue weighted by Gasteiger charge is 2.23. The third kappa shape index (κ3) is 6.28. The van der Waals surface area contributed by atoms with E-state index in [4.69, 9.17) is 0 Å². The lowest BCUT2D eigenvalue weighted by atomic mass is 10.0. The average molecular weight is 461 g/mol. The quantitative estimate of drug-likeness (QED) is 0.554. The van der Waals surface area contributed by atoms with Crippen LogP contribution in [0, 0.1) is 5.92 Å². The first kappa shape index (κ1) is 24.5. The van der Waals surface area contributed by atoms with Crippen LogP contribution in [-0.4, -0.2) is 29.8 Å². The summed E-state index contributed by atoms with van der Waals surface area (Å²) in [5.41, 5.74) is 6.04. The van der Waals surface area contributed by atoms with E-state index in [1.54, 1.807) is 0 Å². The zero-order valence-corrected chi connectivity index (χ0v) is 21.0. The maximum atomic E-state index is 13.5. The van der Waals surface area contributed by atoms with E-state index >= 15 is 0 Å². The summed E-state index contributed by atoms with van der Waals surface area (Å²) in [6.07, 6.45) is 9.99. The normalized spacial score (nSPS) is 17.0. The molecule has 0 unspecified atom stereocenters. The predicted molar refractivity (Wildman–Crippen MR) is 139 cm³/mol. The second-order valence-corrected chi connectivity index (χ2v) is 10.5. The molecule has 2 aromatic carbocycles. The topological polar surface area (TPSA) is 40.6 Å². The SMILES string of the molecule is CC(C)CC(=O)N1CCCCCCCN(C(=O)Cc2ccc3c(c2)CCC3)Cc2ccccc21. The molecule has 1 aliphatic carbocycles. The third-order valence-electron chi connectivity index (χ3n) is 7.21. The Bertz CT molecular complexity index is 997. The summed E-state index contributed by atoms with van der Waals surface area (Å²) in [5, 5.41) is 0. The van der Waals surface area contributed by atoms with E-state index in [9.17, 15) is 9.59 Å². The fourth-order valence-electron chi connectivity index (χ4n) is 5.37. The standard InChI is InChI=1S/C30H40N2O2/c1-23(2)19-30(34)32-18-9-5-3-4-8-17-31(22-27-11-6-7-14-28(27)32)29(33)21-24-15-16-25-12-10-13-26(25)20-24/h6-7,11,14-16,20,23H,3-5,8-10,12-13,17-19,21-22H2,1-2H3. The van der Waals surface area contributed by atoms with E-state index in [0.29, 0.717) is 25.3 Å². The summed E-state index contributed by atoms with van der Waals surface area (Å²) in [6, 6.07) is 14.8. The number of carbonyl (C=O) groups is 2. The zero-order chi connectivity index (χ0) is 23.9. The van der Waals surface area contributed by atoms with Gasteiger partial charge in [0.15, 0.2) is 0 Å². The number of hydrogen-bond acceptors (Lipinski definition) is 2. The van der Waals surface area contributed by atoms with E-state index in [-0.39, 0.29) is 11.8 Å². The predicted octanol–water partition coefficient (Wildman–Crippen LogP) is 6.09. The molecule has 0 atom stereocenters. The maximum absolute atomic E-state index is 13.5. The molecule has 0 radical (unpaired) electrons. The monoisotopic (exact) mass is 460 g/mol. The van der Waals surface area contributed by atoms with Crippen molar-refractivity contribution < 1.29 is 9.59 Å². The first-order valence-corrected chi connectivity index (χ1v) is 13.3. The largest absolute Gasteiger partial charge is 0.338 e. The molecule has 0 N–H and O–H groups in total.